The predicted molar refractivity (Wildman–Crippen MR) is 208 cm³/mol. The molecule has 0 saturated heterocycles. The molecule has 2 nitrogen and oxygen atoms in total. The van der Waals surface area contributed by atoms with Gasteiger partial charge in [-0.25, -0.2) is 0 Å². The van der Waals surface area contributed by atoms with Crippen molar-refractivity contribution >= 4 is 12.2 Å². The summed E-state index contributed by atoms with van der Waals surface area (Å²) in [6.45, 7) is 13.3. The maximum atomic E-state index is 6.46. The van der Waals surface area contributed by atoms with E-state index in [9.17, 15) is 0 Å². The monoisotopic (exact) mass is 814 g/mol. The van der Waals surface area contributed by atoms with Gasteiger partial charge < -0.3 is 24.8 Å². The Hall–Kier alpha value is -3.62. The van der Waals surface area contributed by atoms with E-state index in [1.807, 2.05) is 0 Å². The van der Waals surface area contributed by atoms with Crippen LogP contribution in [0.25, 0.3) is 34.4 Å². The summed E-state index contributed by atoms with van der Waals surface area (Å²) in [6, 6.07) is 40.9. The van der Waals surface area contributed by atoms with E-state index in [2.05, 4.69) is 163 Å². The molecule has 53 heavy (non-hydrogen) atoms. The van der Waals surface area contributed by atoms with Crippen molar-refractivity contribution in [3.05, 3.63) is 172 Å². The Balaban J connectivity index is 0.00000240. The summed E-state index contributed by atoms with van der Waals surface area (Å²) in [7, 11) is 0. The molecule has 0 N–H and O–H groups in total. The Labute approximate surface area is 339 Å². The van der Waals surface area contributed by atoms with Crippen molar-refractivity contribution in [3.8, 4) is 22.3 Å². The van der Waals surface area contributed by atoms with E-state index in [0.717, 1.165) is 35.9 Å². The molecule has 2 aliphatic carbocycles. The van der Waals surface area contributed by atoms with Crippen LogP contribution in [0, 0.1) is 13.8 Å². The Morgan fingerprint density at radius 2 is 0.925 bits per heavy atom. The molecule has 4 unspecified atom stereocenters. The van der Waals surface area contributed by atoms with E-state index in [-0.39, 0.29) is 36.6 Å². The molecule has 5 heteroatoms. The van der Waals surface area contributed by atoms with Crippen molar-refractivity contribution in [2.45, 2.75) is 78.1 Å². The van der Waals surface area contributed by atoms with Crippen molar-refractivity contribution in [3.63, 3.8) is 0 Å². The van der Waals surface area contributed by atoms with Gasteiger partial charge in [0.25, 0.3) is 0 Å². The summed E-state index contributed by atoms with van der Waals surface area (Å²) < 4.78 is 16.0. The van der Waals surface area contributed by atoms with Crippen LogP contribution < -0.4 is 24.8 Å². The molecule has 268 valence electrons. The third-order valence-corrected chi connectivity index (χ3v) is 14.9. The van der Waals surface area contributed by atoms with E-state index in [1.54, 1.807) is 0 Å². The topological polar surface area (TPSA) is 26.3 Å². The van der Waals surface area contributed by atoms with Gasteiger partial charge in [-0.1, -0.05) is 0 Å². The number of hydrogen-bond donors (Lipinski definition) is 0. The fraction of sp³-hybridized carbons (Fsp3) is 0.250. The molecule has 2 aliphatic rings. The summed E-state index contributed by atoms with van der Waals surface area (Å²) in [5.41, 5.74) is 13.3. The van der Waals surface area contributed by atoms with E-state index >= 15 is 0 Å². The number of hydrogen-bond acceptors (Lipinski definition) is 2. The van der Waals surface area contributed by atoms with Crippen molar-refractivity contribution in [2.24, 2.45) is 0 Å². The fourth-order valence-corrected chi connectivity index (χ4v) is 12.0. The largest absolute Gasteiger partial charge is 1.00 e. The zero-order valence-electron chi connectivity index (χ0n) is 31.3. The summed E-state index contributed by atoms with van der Waals surface area (Å²) in [5.74, 6) is 5.38. The Bertz CT molecular complexity index is 2110. The number of furan rings is 2. The average molecular weight is 817 g/mol. The number of benzene rings is 4. The number of fused-ring (bicyclic) bond motifs is 2. The summed E-state index contributed by atoms with van der Waals surface area (Å²) in [4.78, 5) is 0. The number of aryl methyl sites for hydroxylation is 2. The second-order valence-corrected chi connectivity index (χ2v) is 18.0. The minimum atomic E-state index is -1.36. The maximum Gasteiger partial charge on any atom is -1.00 e. The van der Waals surface area contributed by atoms with Crippen LogP contribution in [0.1, 0.15) is 121 Å². The molecule has 2 heterocycles. The first-order chi connectivity index (χ1) is 24.8. The first kappa shape index (κ1) is 39.1. The van der Waals surface area contributed by atoms with Crippen molar-refractivity contribution in [2.75, 3.05) is 0 Å². The van der Waals surface area contributed by atoms with Crippen LogP contribution >= 0.6 is 0 Å². The van der Waals surface area contributed by atoms with Gasteiger partial charge in [-0.05, 0) is 0 Å². The fourth-order valence-electron chi connectivity index (χ4n) is 7.98. The summed E-state index contributed by atoms with van der Waals surface area (Å²) in [5, 5.41) is 0. The van der Waals surface area contributed by atoms with Gasteiger partial charge in [0, 0.05) is 0 Å². The average Bonchev–Trinajstić information content (AvgIpc) is 3.95. The second kappa shape index (κ2) is 16.4. The first-order valence-corrected chi connectivity index (χ1v) is 21.1. The Morgan fingerprint density at radius 3 is 1.26 bits per heavy atom. The molecule has 0 saturated carbocycles. The summed E-state index contributed by atoms with van der Waals surface area (Å²) in [6.07, 6.45) is 7.36. The smallest absolute Gasteiger partial charge is 1.00 e. The number of allylic oxidation sites excluding steroid dienone is 2. The molecule has 0 spiro atoms. The molecule has 0 aliphatic heterocycles. The molecule has 0 amide bonds. The minimum absolute atomic E-state index is 0. The van der Waals surface area contributed by atoms with Gasteiger partial charge >= 0.3 is 317 Å². The number of rotatable bonds is 10. The summed E-state index contributed by atoms with van der Waals surface area (Å²) >= 11 is -1.36. The van der Waals surface area contributed by atoms with Crippen molar-refractivity contribution in [1.29, 1.82) is 0 Å². The maximum absolute atomic E-state index is 6.46. The van der Waals surface area contributed by atoms with Gasteiger partial charge in [-0.3, -0.25) is 0 Å². The third-order valence-electron chi connectivity index (χ3n) is 11.3. The Kier molecular flexibility index (Phi) is 12.1. The van der Waals surface area contributed by atoms with Crippen molar-refractivity contribution in [1.82, 2.24) is 0 Å². The van der Waals surface area contributed by atoms with Crippen LogP contribution in [0.2, 0.25) is 0 Å². The molecule has 8 rings (SSSR count). The molecule has 0 fully saturated rings. The third kappa shape index (κ3) is 7.43. The quantitative estimate of drug-likeness (QED) is 0.142. The molecule has 0 radical (unpaired) electrons. The minimum Gasteiger partial charge on any atom is -1.00 e. The molecular formula is C48H46Cl2O2Zr. The van der Waals surface area contributed by atoms with E-state index in [4.69, 9.17) is 8.83 Å². The molecule has 2 aromatic heterocycles. The van der Waals surface area contributed by atoms with Gasteiger partial charge in [0.15, 0.2) is 0 Å². The van der Waals surface area contributed by atoms with Gasteiger partial charge in [0.1, 0.15) is 0 Å². The van der Waals surface area contributed by atoms with Crippen molar-refractivity contribution < 1.29 is 56.9 Å². The second-order valence-electron chi connectivity index (χ2n) is 14.6. The van der Waals surface area contributed by atoms with E-state index in [0.29, 0.717) is 11.8 Å². The first-order valence-electron chi connectivity index (χ1n) is 18.6. The molecule has 4 aromatic carbocycles. The predicted octanol–water partition coefficient (Wildman–Crippen LogP) is 7.61. The molecule has 0 bridgehead atoms. The Morgan fingerprint density at radius 1 is 0.528 bits per heavy atom. The van der Waals surface area contributed by atoms with Gasteiger partial charge in [-0.2, -0.15) is 0 Å². The normalized spacial score (nSPS) is 16.7. The van der Waals surface area contributed by atoms with Crippen LogP contribution in [-0.2, 0) is 23.2 Å². The van der Waals surface area contributed by atoms with Gasteiger partial charge in [-0.15, -0.1) is 0 Å². The SMILES string of the molecule is CCC(C)c1ccc(-c2cccc3c2C=[C]([Zr+2][C]2=Cc4c(-c5ccc(C(C)CC)cc5)cccc4C2c2ccc(C)o2)C3c2ccc(C)o2)cc1.[Cl-].[Cl-]. The van der Waals surface area contributed by atoms with E-state index < -0.39 is 23.2 Å². The standard InChI is InChI=1S/2C24H23O.2ClH.Zr/c2*1-4-16(2)18-9-11-19(12-10-18)20-6-5-7-21-22(20)13-14-23(21)24-15-8-17(3)25-24;;;/h2*5-13,15-16,23H,4H2,1-3H3;2*1H;/q;;;;+2/p-2. The van der Waals surface area contributed by atoms with Crippen LogP contribution in [-0.4, -0.2) is 0 Å². The molecular weight excluding hydrogens is 771 g/mol. The number of halogens is 2. The van der Waals surface area contributed by atoms with Gasteiger partial charge in [0.05, 0.1) is 0 Å². The van der Waals surface area contributed by atoms with Gasteiger partial charge in [0.2, 0.25) is 0 Å². The van der Waals surface area contributed by atoms with Crippen LogP contribution in [0.5, 0.6) is 0 Å². The zero-order valence-corrected chi connectivity index (χ0v) is 35.3. The zero-order chi connectivity index (χ0) is 35.2. The molecule has 6 aromatic rings. The van der Waals surface area contributed by atoms with Crippen LogP contribution in [0.4, 0.5) is 0 Å². The van der Waals surface area contributed by atoms with Crippen LogP contribution in [0.3, 0.4) is 0 Å². The molecule has 4 atom stereocenters. The van der Waals surface area contributed by atoms with Crippen LogP contribution in [0.15, 0.2) is 125 Å². The van der Waals surface area contributed by atoms with E-state index in [1.165, 1.54) is 62.2 Å².